The quantitative estimate of drug-likeness (QED) is 0.0525. The molecule has 0 radical (unpaired) electrons. The smallest absolute Gasteiger partial charge is 0.248 e. The van der Waals surface area contributed by atoms with E-state index in [-0.39, 0.29) is 34.3 Å². The number of benzene rings is 6. The number of nitrogens with one attached hydrogen (secondary N) is 1. The van der Waals surface area contributed by atoms with Gasteiger partial charge in [0.15, 0.2) is 46.0 Å². The van der Waals surface area contributed by atoms with Gasteiger partial charge in [-0.1, -0.05) is 36.4 Å². The topological polar surface area (TPSA) is 210 Å². The SMILES string of the molecule is CC1(C)COc2cc(CC[C@@H](O)CNCCOc3ccc(C(N)=O)cc3)ccc2O1.CC1(C)COc2cc(O)ccc2O1.CC1(C)COc2cc(OC[C@@H]3CO3)ccc2O1.CC1(C)COc2cc(OCc3ccccc3)ccc2O1. The van der Waals surface area contributed by atoms with Crippen molar-refractivity contribution in [3.05, 3.63) is 144 Å². The lowest BCUT2D eigenvalue weighted by Crippen LogP contribution is -2.38. The van der Waals surface area contributed by atoms with Gasteiger partial charge in [0.2, 0.25) is 5.91 Å². The Morgan fingerprint density at radius 2 is 1.05 bits per heavy atom. The number of hydrogen-bond donors (Lipinski definition) is 4. The van der Waals surface area contributed by atoms with E-state index in [0.29, 0.717) is 88.6 Å². The van der Waals surface area contributed by atoms with Gasteiger partial charge in [-0.05, 0) is 152 Å². The molecule has 2 atom stereocenters. The fourth-order valence-corrected chi connectivity index (χ4v) is 8.22. The third-order valence-corrected chi connectivity index (χ3v) is 12.5. The molecule has 17 nitrogen and oxygen atoms in total. The van der Waals surface area contributed by atoms with Crippen molar-refractivity contribution in [3.8, 4) is 69.0 Å². The van der Waals surface area contributed by atoms with Gasteiger partial charge in [-0.2, -0.15) is 0 Å². The number of hydrogen-bond acceptors (Lipinski definition) is 16. The Balaban J connectivity index is 0.000000147. The van der Waals surface area contributed by atoms with Crippen LogP contribution in [0.5, 0.6) is 69.0 Å². The van der Waals surface area contributed by atoms with Crippen LogP contribution in [0.1, 0.15) is 83.3 Å². The molecule has 1 fully saturated rings. The fraction of sp³-hybridized carbons (Fsp3) is 0.413. The standard InChI is InChI=1S/C23H30N2O5.C17H18O3.C13H16O4.C10H12O3/c1-23(2)15-29-21-13-16(4-10-20(21)30-23)3-7-18(26)14-25-11-12-28-19-8-5-17(6-9-19)22(24)27;1-17(2)12-19-16-10-14(8-9-15(16)20-17)18-11-13-6-4-3-5-7-13;1-13(2)8-16-12-5-9(3-4-11(12)17-13)14-6-10-7-15-10;1-10(2)6-12-9-5-7(11)3-4-8(9)13-10/h4-6,8-10,13,18,25-26H,3,7,11-12,14-15H2,1-2H3,(H2,24,27);3-10H,11-12H2,1-2H3;3-5,10H,6-8H2,1-2H3;3-5,11H,6H2,1-2H3/t18-;;10-;/m1.1./s1. The fourth-order valence-electron chi connectivity index (χ4n) is 8.22. The highest BCUT2D eigenvalue weighted by molar-refractivity contribution is 5.92. The molecule has 0 saturated carbocycles. The van der Waals surface area contributed by atoms with E-state index in [4.69, 9.17) is 62.6 Å². The summed E-state index contributed by atoms with van der Waals surface area (Å²) in [6.07, 6.45) is 1.22. The van der Waals surface area contributed by atoms with Crippen LogP contribution in [0.4, 0.5) is 0 Å². The van der Waals surface area contributed by atoms with E-state index in [1.54, 1.807) is 42.5 Å². The van der Waals surface area contributed by atoms with Gasteiger partial charge < -0.3 is 78.1 Å². The summed E-state index contributed by atoms with van der Waals surface area (Å²) >= 11 is 0. The average molecular weight is 1100 g/mol. The number of nitrogens with two attached hydrogens (primary N) is 1. The number of phenols is 1. The van der Waals surface area contributed by atoms with Crippen molar-refractivity contribution in [2.75, 3.05) is 59.3 Å². The van der Waals surface area contributed by atoms with Gasteiger partial charge in [0, 0.05) is 36.9 Å². The van der Waals surface area contributed by atoms with Crippen LogP contribution >= 0.6 is 0 Å². The number of primary amides is 1. The van der Waals surface area contributed by atoms with Crippen LogP contribution in [0.2, 0.25) is 0 Å². The lowest BCUT2D eigenvalue weighted by molar-refractivity contribution is 0.0209. The first kappa shape index (κ1) is 58.4. The van der Waals surface area contributed by atoms with E-state index in [9.17, 15) is 15.0 Å². The van der Waals surface area contributed by atoms with E-state index in [2.05, 4.69) is 5.32 Å². The van der Waals surface area contributed by atoms with Gasteiger partial charge in [-0.3, -0.25) is 4.79 Å². The molecular formula is C63H76N2O15. The number of aliphatic hydroxyl groups excluding tert-OH is 1. The molecule has 0 aliphatic carbocycles. The van der Waals surface area contributed by atoms with E-state index in [0.717, 1.165) is 70.2 Å². The Labute approximate surface area is 469 Å². The Morgan fingerprint density at radius 3 is 1.57 bits per heavy atom. The monoisotopic (exact) mass is 1100 g/mol. The lowest BCUT2D eigenvalue weighted by atomic mass is 10.0. The molecule has 428 valence electrons. The summed E-state index contributed by atoms with van der Waals surface area (Å²) in [6, 6.07) is 38.9. The molecule has 6 aromatic rings. The maximum Gasteiger partial charge on any atom is 0.248 e. The summed E-state index contributed by atoms with van der Waals surface area (Å²) in [5.41, 5.74) is 6.76. The predicted octanol–water partition coefficient (Wildman–Crippen LogP) is 10.1. The van der Waals surface area contributed by atoms with Crippen LogP contribution in [0, 0.1) is 0 Å². The van der Waals surface area contributed by atoms with Gasteiger partial charge in [0.05, 0.1) is 12.7 Å². The van der Waals surface area contributed by atoms with Crippen LogP contribution in [-0.4, -0.2) is 110 Å². The largest absolute Gasteiger partial charge is 0.508 e. The number of phenolic OH excluding ortho intramolecular Hbond substituents is 1. The molecule has 80 heavy (non-hydrogen) atoms. The Hall–Kier alpha value is -7.73. The molecule has 17 heteroatoms. The second kappa shape index (κ2) is 26.0. The molecule has 0 aromatic heterocycles. The highest BCUT2D eigenvalue weighted by Crippen LogP contribution is 2.41. The molecule has 0 unspecified atom stereocenters. The number of aryl methyl sites for hydroxylation is 1. The molecule has 1 saturated heterocycles. The van der Waals surface area contributed by atoms with Crippen LogP contribution in [0.15, 0.2) is 127 Å². The van der Waals surface area contributed by atoms with E-state index in [1.807, 2.05) is 140 Å². The maximum atomic E-state index is 11.0. The molecule has 1 amide bonds. The first-order valence-electron chi connectivity index (χ1n) is 27.0. The first-order chi connectivity index (χ1) is 38.1. The number of rotatable bonds is 16. The molecule has 5 N–H and O–H groups in total. The van der Waals surface area contributed by atoms with E-state index in [1.165, 1.54) is 0 Å². The van der Waals surface area contributed by atoms with Crippen molar-refractivity contribution in [2.24, 2.45) is 5.73 Å². The van der Waals surface area contributed by atoms with E-state index >= 15 is 0 Å². The maximum absolute atomic E-state index is 11.0. The second-order valence-corrected chi connectivity index (χ2v) is 22.4. The third-order valence-electron chi connectivity index (χ3n) is 12.5. The van der Waals surface area contributed by atoms with Crippen molar-refractivity contribution >= 4 is 5.91 Å². The molecule has 5 heterocycles. The number of aliphatic hydroxyl groups is 1. The van der Waals surface area contributed by atoms with Crippen molar-refractivity contribution in [3.63, 3.8) is 0 Å². The van der Waals surface area contributed by atoms with Crippen LogP contribution in [0.25, 0.3) is 0 Å². The predicted molar refractivity (Wildman–Crippen MR) is 302 cm³/mol. The molecule has 5 aliphatic heterocycles. The molecule has 0 spiro atoms. The summed E-state index contributed by atoms with van der Waals surface area (Å²) in [4.78, 5) is 11.0. The van der Waals surface area contributed by atoms with Gasteiger partial charge in [-0.15, -0.1) is 0 Å². The number of aromatic hydroxyl groups is 1. The zero-order valence-electron chi connectivity index (χ0n) is 47.0. The number of carbonyl (C=O) groups excluding carboxylic acids is 1. The molecular weight excluding hydrogens is 1020 g/mol. The number of ether oxygens (including phenoxy) is 12. The zero-order chi connectivity index (χ0) is 56.9. The van der Waals surface area contributed by atoms with Crippen molar-refractivity contribution < 1.29 is 71.8 Å². The Bertz CT molecular complexity index is 2980. The summed E-state index contributed by atoms with van der Waals surface area (Å²) in [5, 5.41) is 22.6. The Kier molecular flexibility index (Phi) is 19.0. The summed E-state index contributed by atoms with van der Waals surface area (Å²) in [7, 11) is 0. The van der Waals surface area contributed by atoms with Crippen molar-refractivity contribution in [1.29, 1.82) is 0 Å². The summed E-state index contributed by atoms with van der Waals surface area (Å²) in [6.45, 7) is 21.6. The summed E-state index contributed by atoms with van der Waals surface area (Å²) < 4.78 is 67.9. The number of epoxide rings is 1. The minimum atomic E-state index is -0.461. The first-order valence-corrected chi connectivity index (χ1v) is 27.0. The second-order valence-electron chi connectivity index (χ2n) is 22.4. The van der Waals surface area contributed by atoms with Gasteiger partial charge >= 0.3 is 0 Å². The lowest BCUT2D eigenvalue weighted by Gasteiger charge is -2.32. The molecule has 5 aliphatic rings. The van der Waals surface area contributed by atoms with Gasteiger partial charge in [0.25, 0.3) is 0 Å². The molecule has 0 bridgehead atoms. The van der Waals surface area contributed by atoms with E-state index < -0.39 is 12.0 Å². The van der Waals surface area contributed by atoms with Gasteiger partial charge in [0.1, 0.15) is 97.8 Å². The number of carbonyl (C=O) groups is 1. The molecule has 11 rings (SSSR count). The highest BCUT2D eigenvalue weighted by atomic mass is 16.6. The minimum Gasteiger partial charge on any atom is -0.508 e. The zero-order valence-corrected chi connectivity index (χ0v) is 47.0. The summed E-state index contributed by atoms with van der Waals surface area (Å²) in [5.74, 6) is 7.86. The number of amides is 1. The minimum absolute atomic E-state index is 0.196. The number of fused-ring (bicyclic) bond motifs is 4. The molecule has 6 aromatic carbocycles. The Morgan fingerprint density at radius 1 is 0.575 bits per heavy atom. The normalized spacial score (nSPS) is 17.8. The average Bonchev–Trinajstić information content (AvgIpc) is 4.30. The van der Waals surface area contributed by atoms with Crippen molar-refractivity contribution in [2.45, 2.75) is 109 Å². The van der Waals surface area contributed by atoms with Gasteiger partial charge in [-0.25, -0.2) is 0 Å². The van der Waals surface area contributed by atoms with Crippen LogP contribution < -0.4 is 63.2 Å². The van der Waals surface area contributed by atoms with Crippen LogP contribution in [0.3, 0.4) is 0 Å². The third kappa shape index (κ3) is 18.2. The highest BCUT2D eigenvalue weighted by Gasteiger charge is 2.32. The van der Waals surface area contributed by atoms with Crippen LogP contribution in [-0.2, 0) is 17.8 Å². The van der Waals surface area contributed by atoms with Crippen molar-refractivity contribution in [1.82, 2.24) is 5.32 Å².